The Hall–Kier alpha value is -3.60. The van der Waals surface area contributed by atoms with E-state index in [0.717, 1.165) is 41.3 Å². The Bertz CT molecular complexity index is 1260. The van der Waals surface area contributed by atoms with Crippen LogP contribution in [0, 0.1) is 13.8 Å². The summed E-state index contributed by atoms with van der Waals surface area (Å²) in [5.74, 6) is 2.12. The first-order chi connectivity index (χ1) is 16.1. The normalized spacial score (nSPS) is 16.0. The first kappa shape index (κ1) is 21.3. The fourth-order valence-corrected chi connectivity index (χ4v) is 4.81. The van der Waals surface area contributed by atoms with Crippen molar-refractivity contribution in [2.24, 2.45) is 0 Å². The van der Waals surface area contributed by atoms with Crippen LogP contribution < -0.4 is 9.64 Å². The second kappa shape index (κ2) is 9.10. The summed E-state index contributed by atoms with van der Waals surface area (Å²) in [5.41, 5.74) is 5.43. The number of benzene rings is 3. The molecule has 1 atom stereocenters. The molecule has 5 rings (SSSR count). The van der Waals surface area contributed by atoms with E-state index in [1.807, 2.05) is 53.4 Å². The zero-order valence-corrected chi connectivity index (χ0v) is 19.2. The van der Waals surface area contributed by atoms with Crippen LogP contribution in [0.3, 0.4) is 0 Å². The highest BCUT2D eigenvalue weighted by Gasteiger charge is 2.35. The summed E-state index contributed by atoms with van der Waals surface area (Å²) in [4.78, 5) is 19.9. The second-order valence-electron chi connectivity index (χ2n) is 8.88. The largest absolute Gasteiger partial charge is 0.494 e. The minimum Gasteiger partial charge on any atom is -0.494 e. The van der Waals surface area contributed by atoms with Crippen LogP contribution in [0.25, 0.3) is 11.0 Å². The number of nitrogens with zero attached hydrogens (tertiary/aromatic N) is 3. The molecule has 3 aromatic carbocycles. The number of para-hydroxylation sites is 3. The van der Waals surface area contributed by atoms with Gasteiger partial charge in [-0.1, -0.05) is 36.4 Å². The molecule has 1 amide bonds. The minimum atomic E-state index is 0.0701. The monoisotopic (exact) mass is 439 g/mol. The third-order valence-corrected chi connectivity index (χ3v) is 6.23. The highest BCUT2D eigenvalue weighted by molar-refractivity contribution is 5.96. The van der Waals surface area contributed by atoms with Crippen molar-refractivity contribution in [1.82, 2.24) is 9.55 Å². The average Bonchev–Trinajstić information content (AvgIpc) is 3.37. The van der Waals surface area contributed by atoms with Crippen LogP contribution in [0.2, 0.25) is 0 Å². The molecule has 5 heteroatoms. The molecule has 1 fully saturated rings. The van der Waals surface area contributed by atoms with Gasteiger partial charge in [-0.25, -0.2) is 4.98 Å². The number of imidazole rings is 1. The number of ether oxygens (including phenoxy) is 1. The zero-order valence-electron chi connectivity index (χ0n) is 19.2. The predicted molar refractivity (Wildman–Crippen MR) is 132 cm³/mol. The van der Waals surface area contributed by atoms with Gasteiger partial charge in [0, 0.05) is 31.1 Å². The van der Waals surface area contributed by atoms with Crippen molar-refractivity contribution in [2.75, 3.05) is 18.1 Å². The molecule has 0 saturated carbocycles. The van der Waals surface area contributed by atoms with E-state index in [2.05, 4.69) is 42.7 Å². The van der Waals surface area contributed by atoms with Crippen LogP contribution in [0.5, 0.6) is 5.75 Å². The van der Waals surface area contributed by atoms with Crippen LogP contribution in [-0.4, -0.2) is 28.6 Å². The Balaban J connectivity index is 1.37. The maximum Gasteiger partial charge on any atom is 0.227 e. The highest BCUT2D eigenvalue weighted by atomic mass is 16.5. The molecule has 168 valence electrons. The summed E-state index contributed by atoms with van der Waals surface area (Å²) < 4.78 is 8.18. The molecule has 0 radical (unpaired) electrons. The summed E-state index contributed by atoms with van der Waals surface area (Å²) in [6.45, 7) is 6.24. The number of hydrogen-bond donors (Lipinski definition) is 0. The number of anilines is 1. The molecule has 0 aliphatic carbocycles. The van der Waals surface area contributed by atoms with E-state index >= 15 is 0 Å². The number of aromatic nitrogens is 2. The lowest BCUT2D eigenvalue weighted by molar-refractivity contribution is -0.117. The highest BCUT2D eigenvalue weighted by Crippen LogP contribution is 2.34. The molecule has 4 aromatic rings. The van der Waals surface area contributed by atoms with Crippen LogP contribution >= 0.6 is 0 Å². The molecule has 1 unspecified atom stereocenters. The Morgan fingerprint density at radius 1 is 0.970 bits per heavy atom. The molecule has 5 nitrogen and oxygen atoms in total. The molecule has 33 heavy (non-hydrogen) atoms. The first-order valence-electron chi connectivity index (χ1n) is 11.6. The molecular weight excluding hydrogens is 410 g/mol. The van der Waals surface area contributed by atoms with E-state index in [-0.39, 0.29) is 11.8 Å². The van der Waals surface area contributed by atoms with Crippen molar-refractivity contribution < 1.29 is 9.53 Å². The summed E-state index contributed by atoms with van der Waals surface area (Å²) >= 11 is 0. The van der Waals surface area contributed by atoms with Gasteiger partial charge >= 0.3 is 0 Å². The van der Waals surface area contributed by atoms with Gasteiger partial charge in [0.1, 0.15) is 11.6 Å². The number of aryl methyl sites for hydroxylation is 3. The quantitative estimate of drug-likeness (QED) is 0.350. The van der Waals surface area contributed by atoms with Crippen molar-refractivity contribution in [1.29, 1.82) is 0 Å². The number of amides is 1. The zero-order chi connectivity index (χ0) is 22.8. The lowest BCUT2D eigenvalue weighted by Crippen LogP contribution is -2.24. The van der Waals surface area contributed by atoms with Gasteiger partial charge < -0.3 is 14.2 Å². The number of carbonyl (C=O) groups is 1. The van der Waals surface area contributed by atoms with E-state index in [1.54, 1.807) is 0 Å². The van der Waals surface area contributed by atoms with Crippen molar-refractivity contribution in [3.63, 3.8) is 0 Å². The molecule has 0 spiro atoms. The van der Waals surface area contributed by atoms with E-state index in [4.69, 9.17) is 9.72 Å². The number of carbonyl (C=O) groups excluding carboxylic acids is 1. The van der Waals surface area contributed by atoms with Gasteiger partial charge in [0.2, 0.25) is 5.91 Å². The fourth-order valence-electron chi connectivity index (χ4n) is 4.81. The standard InChI is InChI=1S/C28H29N3O2/c1-20-15-21(2)17-23(16-20)31-19-22(18-27(31)32)28-29-25-11-6-7-12-26(25)30(28)13-8-14-33-24-9-4-3-5-10-24/h3-7,9-12,15-17,22H,8,13-14,18-19H2,1-2H3. The van der Waals surface area contributed by atoms with Crippen LogP contribution in [0.1, 0.15) is 35.7 Å². The van der Waals surface area contributed by atoms with Crippen molar-refractivity contribution >= 4 is 22.6 Å². The molecule has 0 bridgehead atoms. The summed E-state index contributed by atoms with van der Waals surface area (Å²) in [6, 6.07) is 24.5. The Morgan fingerprint density at radius 3 is 2.48 bits per heavy atom. The van der Waals surface area contributed by atoms with E-state index < -0.39 is 0 Å². The maximum absolute atomic E-state index is 13.0. The lowest BCUT2D eigenvalue weighted by atomic mass is 10.1. The third-order valence-electron chi connectivity index (χ3n) is 6.23. The van der Waals surface area contributed by atoms with Crippen LogP contribution in [-0.2, 0) is 11.3 Å². The van der Waals surface area contributed by atoms with Crippen LogP contribution in [0.15, 0.2) is 72.8 Å². The molecule has 1 aliphatic rings. The van der Waals surface area contributed by atoms with E-state index in [9.17, 15) is 4.79 Å². The lowest BCUT2D eigenvalue weighted by Gasteiger charge is -2.19. The van der Waals surface area contributed by atoms with Gasteiger partial charge in [-0.05, 0) is 67.8 Å². The molecule has 1 saturated heterocycles. The SMILES string of the molecule is Cc1cc(C)cc(N2CC(c3nc4ccccc4n3CCCOc3ccccc3)CC2=O)c1. The summed E-state index contributed by atoms with van der Waals surface area (Å²) in [5, 5.41) is 0. The average molecular weight is 440 g/mol. The van der Waals surface area contributed by atoms with Crippen molar-refractivity contribution in [3.8, 4) is 5.75 Å². The Labute approximate surface area is 194 Å². The predicted octanol–water partition coefficient (Wildman–Crippen LogP) is 5.64. The molecule has 1 aromatic heterocycles. The van der Waals surface area contributed by atoms with Gasteiger partial charge in [-0.3, -0.25) is 4.79 Å². The molecule has 1 aliphatic heterocycles. The minimum absolute atomic E-state index is 0.0701. The van der Waals surface area contributed by atoms with E-state index in [0.29, 0.717) is 19.6 Å². The third kappa shape index (κ3) is 4.49. The van der Waals surface area contributed by atoms with Crippen LogP contribution in [0.4, 0.5) is 5.69 Å². The molecular formula is C28H29N3O2. The van der Waals surface area contributed by atoms with Gasteiger partial charge in [0.25, 0.3) is 0 Å². The number of rotatable bonds is 7. The van der Waals surface area contributed by atoms with Gasteiger partial charge in [-0.2, -0.15) is 0 Å². The van der Waals surface area contributed by atoms with E-state index in [1.165, 1.54) is 11.1 Å². The van der Waals surface area contributed by atoms with Crippen molar-refractivity contribution in [2.45, 2.75) is 39.2 Å². The fraction of sp³-hybridized carbons (Fsp3) is 0.286. The second-order valence-corrected chi connectivity index (χ2v) is 8.88. The maximum atomic E-state index is 13.0. The molecule has 2 heterocycles. The Morgan fingerprint density at radius 2 is 1.70 bits per heavy atom. The molecule has 0 N–H and O–H groups in total. The van der Waals surface area contributed by atoms with Gasteiger partial charge in [0.15, 0.2) is 0 Å². The Kier molecular flexibility index (Phi) is 5.86. The topological polar surface area (TPSA) is 47.4 Å². The number of hydrogen-bond acceptors (Lipinski definition) is 3. The number of fused-ring (bicyclic) bond motifs is 1. The smallest absolute Gasteiger partial charge is 0.227 e. The summed E-state index contributed by atoms with van der Waals surface area (Å²) in [7, 11) is 0. The van der Waals surface area contributed by atoms with Gasteiger partial charge in [-0.15, -0.1) is 0 Å². The first-order valence-corrected chi connectivity index (χ1v) is 11.6. The van der Waals surface area contributed by atoms with Gasteiger partial charge in [0.05, 0.1) is 17.6 Å². The van der Waals surface area contributed by atoms with Crippen molar-refractivity contribution in [3.05, 3.63) is 89.7 Å². The summed E-state index contributed by atoms with van der Waals surface area (Å²) in [6.07, 6.45) is 1.35.